The Kier molecular flexibility index (Phi) is 3.08. The highest BCUT2D eigenvalue weighted by molar-refractivity contribution is 6.31. The molecule has 1 amide bonds. The lowest BCUT2D eigenvalue weighted by Gasteiger charge is -2.33. The van der Waals surface area contributed by atoms with E-state index in [1.54, 1.807) is 24.3 Å². The number of para-hydroxylation sites is 1. The van der Waals surface area contributed by atoms with Crippen LogP contribution in [0.4, 0.5) is 10.1 Å². The average Bonchev–Trinajstić information content (AvgIpc) is 2.44. The van der Waals surface area contributed by atoms with Crippen LogP contribution in [-0.2, 0) is 0 Å². The van der Waals surface area contributed by atoms with Gasteiger partial charge in [0.1, 0.15) is 5.82 Å². The van der Waals surface area contributed by atoms with Gasteiger partial charge in [-0.15, -0.1) is 0 Å². The van der Waals surface area contributed by atoms with Gasteiger partial charge in [-0.05, 0) is 24.3 Å². The van der Waals surface area contributed by atoms with E-state index in [0.717, 1.165) is 0 Å². The van der Waals surface area contributed by atoms with Gasteiger partial charge in [0.15, 0.2) is 6.17 Å². The summed E-state index contributed by atoms with van der Waals surface area (Å²) in [5.74, 6) is -1.20. The third kappa shape index (κ3) is 1.92. The molecule has 0 spiro atoms. The summed E-state index contributed by atoms with van der Waals surface area (Å²) in [6, 6.07) is 10.9. The van der Waals surface area contributed by atoms with Crippen molar-refractivity contribution in [3.05, 3.63) is 64.4 Å². The van der Waals surface area contributed by atoms with Gasteiger partial charge in [-0.3, -0.25) is 10.0 Å². The minimum absolute atomic E-state index is 0.0273. The Bertz CT molecular complexity index is 672. The Morgan fingerprint density at radius 1 is 1.20 bits per heavy atom. The maximum Gasteiger partial charge on any atom is 0.281 e. The third-order valence-electron chi connectivity index (χ3n) is 3.18. The molecule has 4 nitrogen and oxygen atoms in total. The number of hydrogen-bond donors (Lipinski definition) is 2. The van der Waals surface area contributed by atoms with Gasteiger partial charge >= 0.3 is 0 Å². The van der Waals surface area contributed by atoms with Crippen LogP contribution < -0.4 is 5.32 Å². The predicted octanol–water partition coefficient (Wildman–Crippen LogP) is 3.43. The summed E-state index contributed by atoms with van der Waals surface area (Å²) in [6.45, 7) is 0. The molecule has 1 aliphatic rings. The molecule has 20 heavy (non-hydrogen) atoms. The molecule has 0 fully saturated rings. The van der Waals surface area contributed by atoms with Gasteiger partial charge in [-0.25, -0.2) is 4.39 Å². The smallest absolute Gasteiger partial charge is 0.281 e. The van der Waals surface area contributed by atoms with E-state index in [2.05, 4.69) is 5.32 Å². The van der Waals surface area contributed by atoms with Crippen molar-refractivity contribution in [2.75, 3.05) is 5.32 Å². The molecule has 1 unspecified atom stereocenters. The Morgan fingerprint density at radius 3 is 2.70 bits per heavy atom. The molecule has 1 atom stereocenters. The molecule has 2 aromatic carbocycles. The van der Waals surface area contributed by atoms with E-state index in [1.165, 1.54) is 18.2 Å². The highest BCUT2D eigenvalue weighted by Gasteiger charge is 2.34. The Balaban J connectivity index is 2.11. The minimum atomic E-state index is -1.06. The predicted molar refractivity (Wildman–Crippen MR) is 72.2 cm³/mol. The SMILES string of the molecule is O=C1c2ccccc2NC(c2c(F)cccc2Cl)N1O. The second kappa shape index (κ2) is 4.77. The van der Waals surface area contributed by atoms with Crippen LogP contribution in [0.3, 0.4) is 0 Å². The van der Waals surface area contributed by atoms with E-state index in [0.29, 0.717) is 16.3 Å². The molecule has 0 saturated carbocycles. The van der Waals surface area contributed by atoms with E-state index in [9.17, 15) is 14.4 Å². The van der Waals surface area contributed by atoms with Crippen LogP contribution in [0.25, 0.3) is 0 Å². The fraction of sp³-hybridized carbons (Fsp3) is 0.0714. The topological polar surface area (TPSA) is 52.6 Å². The molecular weight excluding hydrogens is 283 g/mol. The first-order valence-electron chi connectivity index (χ1n) is 5.91. The van der Waals surface area contributed by atoms with Crippen LogP contribution in [0.5, 0.6) is 0 Å². The molecular formula is C14H10ClFN2O2. The highest BCUT2D eigenvalue weighted by atomic mass is 35.5. The van der Waals surface area contributed by atoms with Crippen molar-refractivity contribution in [3.8, 4) is 0 Å². The van der Waals surface area contributed by atoms with E-state index < -0.39 is 17.9 Å². The summed E-state index contributed by atoms with van der Waals surface area (Å²) in [5, 5.41) is 13.5. The lowest BCUT2D eigenvalue weighted by atomic mass is 10.0. The zero-order chi connectivity index (χ0) is 14.3. The number of amides is 1. The number of hydroxylamine groups is 2. The Morgan fingerprint density at radius 2 is 1.95 bits per heavy atom. The van der Waals surface area contributed by atoms with Crippen molar-refractivity contribution < 1.29 is 14.4 Å². The first-order valence-corrected chi connectivity index (χ1v) is 6.29. The number of rotatable bonds is 1. The number of benzene rings is 2. The van der Waals surface area contributed by atoms with Crippen molar-refractivity contribution in [3.63, 3.8) is 0 Å². The van der Waals surface area contributed by atoms with Crippen LogP contribution in [0.15, 0.2) is 42.5 Å². The first-order chi connectivity index (χ1) is 9.59. The standard InChI is InChI=1S/C14H10ClFN2O2/c15-9-5-3-6-10(16)12(9)13-17-11-7-2-1-4-8(11)14(19)18(13)20/h1-7,13,17,20H. The summed E-state index contributed by atoms with van der Waals surface area (Å²) in [6.07, 6.45) is -1.06. The van der Waals surface area contributed by atoms with Crippen molar-refractivity contribution in [2.45, 2.75) is 6.17 Å². The van der Waals surface area contributed by atoms with Crippen LogP contribution >= 0.6 is 11.6 Å². The van der Waals surface area contributed by atoms with Crippen LogP contribution in [0.1, 0.15) is 22.1 Å². The second-order valence-corrected chi connectivity index (χ2v) is 4.78. The number of nitrogens with zero attached hydrogens (tertiary/aromatic N) is 1. The fourth-order valence-electron chi connectivity index (χ4n) is 2.21. The van der Waals surface area contributed by atoms with Crippen LogP contribution in [0, 0.1) is 5.82 Å². The molecule has 0 aromatic heterocycles. The molecule has 0 aliphatic carbocycles. The molecule has 102 valence electrons. The monoisotopic (exact) mass is 292 g/mol. The first kappa shape index (κ1) is 12.9. The second-order valence-electron chi connectivity index (χ2n) is 4.38. The third-order valence-corrected chi connectivity index (χ3v) is 3.51. The van der Waals surface area contributed by atoms with Gasteiger partial charge < -0.3 is 5.32 Å². The average molecular weight is 293 g/mol. The summed E-state index contributed by atoms with van der Waals surface area (Å²) in [5.41, 5.74) is 0.866. The van der Waals surface area contributed by atoms with Crippen molar-refractivity contribution in [1.82, 2.24) is 5.06 Å². The number of carbonyl (C=O) groups excluding carboxylic acids is 1. The van der Waals surface area contributed by atoms with Crippen LogP contribution in [0.2, 0.25) is 5.02 Å². The van der Waals surface area contributed by atoms with Crippen molar-refractivity contribution in [1.29, 1.82) is 0 Å². The Labute approximate surface area is 119 Å². The van der Waals surface area contributed by atoms with Gasteiger partial charge in [0, 0.05) is 5.69 Å². The summed E-state index contributed by atoms with van der Waals surface area (Å²) >= 11 is 5.97. The maximum absolute atomic E-state index is 13.9. The number of carbonyl (C=O) groups is 1. The van der Waals surface area contributed by atoms with E-state index in [4.69, 9.17) is 11.6 Å². The van der Waals surface area contributed by atoms with Gasteiger partial charge in [0.2, 0.25) is 0 Å². The van der Waals surface area contributed by atoms with Gasteiger partial charge in [-0.1, -0.05) is 29.8 Å². The van der Waals surface area contributed by atoms with Gasteiger partial charge in [0.25, 0.3) is 5.91 Å². The number of nitrogens with one attached hydrogen (secondary N) is 1. The lowest BCUT2D eigenvalue weighted by molar-refractivity contribution is -0.0857. The molecule has 0 saturated heterocycles. The highest BCUT2D eigenvalue weighted by Crippen LogP contribution is 2.35. The van der Waals surface area contributed by atoms with E-state index in [1.807, 2.05) is 0 Å². The fourth-order valence-corrected chi connectivity index (χ4v) is 2.48. The van der Waals surface area contributed by atoms with Crippen molar-refractivity contribution >= 4 is 23.2 Å². The maximum atomic E-state index is 13.9. The van der Waals surface area contributed by atoms with Crippen molar-refractivity contribution in [2.24, 2.45) is 0 Å². The molecule has 6 heteroatoms. The van der Waals surface area contributed by atoms with E-state index in [-0.39, 0.29) is 10.6 Å². The number of anilines is 1. The number of halogens is 2. The molecule has 0 radical (unpaired) electrons. The molecule has 1 aliphatic heterocycles. The summed E-state index contributed by atoms with van der Waals surface area (Å²) in [7, 11) is 0. The normalized spacial score (nSPS) is 17.6. The minimum Gasteiger partial charge on any atom is -0.359 e. The molecule has 1 heterocycles. The lowest BCUT2D eigenvalue weighted by Crippen LogP contribution is -2.41. The zero-order valence-electron chi connectivity index (χ0n) is 10.2. The van der Waals surface area contributed by atoms with Crippen LogP contribution in [-0.4, -0.2) is 16.2 Å². The Hall–Kier alpha value is -2.11. The number of fused-ring (bicyclic) bond motifs is 1. The molecule has 3 rings (SSSR count). The largest absolute Gasteiger partial charge is 0.359 e. The molecule has 2 N–H and O–H groups in total. The van der Waals surface area contributed by atoms with Gasteiger partial charge in [-0.2, -0.15) is 5.06 Å². The molecule has 2 aromatic rings. The number of hydrogen-bond acceptors (Lipinski definition) is 3. The summed E-state index contributed by atoms with van der Waals surface area (Å²) in [4.78, 5) is 12.1. The summed E-state index contributed by atoms with van der Waals surface area (Å²) < 4.78 is 13.9. The van der Waals surface area contributed by atoms with E-state index >= 15 is 0 Å². The molecule has 0 bridgehead atoms. The zero-order valence-corrected chi connectivity index (χ0v) is 10.9. The quantitative estimate of drug-likeness (QED) is 0.792. The van der Waals surface area contributed by atoms with Gasteiger partial charge in [0.05, 0.1) is 16.1 Å².